The highest BCUT2D eigenvalue weighted by Gasteiger charge is 2.28. The van der Waals surface area contributed by atoms with Crippen molar-refractivity contribution in [2.75, 3.05) is 31.0 Å². The molecule has 3 rings (SSSR count). The van der Waals surface area contributed by atoms with E-state index in [1.165, 1.54) is 0 Å². The van der Waals surface area contributed by atoms with Gasteiger partial charge >= 0.3 is 6.03 Å². The molecule has 5 nitrogen and oxygen atoms in total. The van der Waals surface area contributed by atoms with Gasteiger partial charge in [-0.15, -0.1) is 11.8 Å². The Morgan fingerprint density at radius 3 is 2.52 bits per heavy atom. The molecule has 0 radical (unpaired) electrons. The van der Waals surface area contributed by atoms with Crippen molar-refractivity contribution in [1.29, 1.82) is 0 Å². The number of carbonyl (C=O) groups excluding carboxylic acids is 1. The molecule has 2 aromatic rings. The van der Waals surface area contributed by atoms with Crippen LogP contribution in [0, 0.1) is 0 Å². The van der Waals surface area contributed by atoms with Crippen molar-refractivity contribution in [3.05, 3.63) is 42.5 Å². The molecule has 0 saturated heterocycles. The van der Waals surface area contributed by atoms with Gasteiger partial charge in [-0.3, -0.25) is 4.90 Å². The van der Waals surface area contributed by atoms with E-state index >= 15 is 0 Å². The van der Waals surface area contributed by atoms with Crippen molar-refractivity contribution >= 4 is 29.2 Å². The minimum absolute atomic E-state index is 0.151. The highest BCUT2D eigenvalue weighted by Crippen LogP contribution is 2.39. The summed E-state index contributed by atoms with van der Waals surface area (Å²) in [6, 6.07) is 13.2. The van der Waals surface area contributed by atoms with Crippen LogP contribution in [0.2, 0.25) is 0 Å². The fourth-order valence-corrected chi connectivity index (χ4v) is 3.98. The van der Waals surface area contributed by atoms with Crippen molar-refractivity contribution in [2.24, 2.45) is 0 Å². The number of methoxy groups -OCH3 is 2. The van der Waals surface area contributed by atoms with Gasteiger partial charge in [-0.1, -0.05) is 19.1 Å². The first kappa shape index (κ1) is 17.5. The van der Waals surface area contributed by atoms with Gasteiger partial charge < -0.3 is 14.8 Å². The molecule has 0 spiro atoms. The minimum Gasteiger partial charge on any atom is -0.497 e. The summed E-state index contributed by atoms with van der Waals surface area (Å²) in [5.41, 5.74) is 1.59. The molecular formula is C19H22N2O3S. The van der Waals surface area contributed by atoms with Crippen LogP contribution in [-0.2, 0) is 0 Å². The number of fused-ring (bicyclic) bond motifs is 1. The van der Waals surface area contributed by atoms with E-state index in [0.717, 1.165) is 17.0 Å². The molecule has 1 heterocycles. The molecule has 25 heavy (non-hydrogen) atoms. The van der Waals surface area contributed by atoms with Crippen molar-refractivity contribution in [1.82, 2.24) is 0 Å². The molecular weight excluding hydrogens is 336 g/mol. The quantitative estimate of drug-likeness (QED) is 0.866. The lowest BCUT2D eigenvalue weighted by molar-refractivity contribution is 0.256. The summed E-state index contributed by atoms with van der Waals surface area (Å²) in [5.74, 6) is 1.27. The first-order chi connectivity index (χ1) is 12.1. The van der Waals surface area contributed by atoms with Crippen LogP contribution >= 0.6 is 11.8 Å². The first-order valence-corrected chi connectivity index (χ1v) is 9.09. The monoisotopic (exact) mass is 358 g/mol. The Morgan fingerprint density at radius 1 is 1.20 bits per heavy atom. The van der Waals surface area contributed by atoms with Crippen molar-refractivity contribution in [2.45, 2.75) is 23.5 Å². The van der Waals surface area contributed by atoms with E-state index in [-0.39, 0.29) is 6.03 Å². The SMILES string of the molecule is CC[C@@H]1CN(C(=O)Nc2cc(OC)cc(OC)c2)c2ccccc2S1. The lowest BCUT2D eigenvalue weighted by atomic mass is 10.2. The number of nitrogens with one attached hydrogen (secondary N) is 1. The first-order valence-electron chi connectivity index (χ1n) is 8.22. The van der Waals surface area contributed by atoms with Crippen LogP contribution in [0.4, 0.5) is 16.2 Å². The van der Waals surface area contributed by atoms with Crippen molar-refractivity contribution in [3.63, 3.8) is 0 Å². The van der Waals surface area contributed by atoms with E-state index < -0.39 is 0 Å². The van der Waals surface area contributed by atoms with Crippen LogP contribution in [0.25, 0.3) is 0 Å². The van der Waals surface area contributed by atoms with Gasteiger partial charge in [-0.05, 0) is 18.6 Å². The lowest BCUT2D eigenvalue weighted by Gasteiger charge is -2.33. The maximum absolute atomic E-state index is 12.9. The van der Waals surface area contributed by atoms with E-state index in [9.17, 15) is 4.79 Å². The normalized spacial score (nSPS) is 16.1. The van der Waals surface area contributed by atoms with Crippen LogP contribution in [0.1, 0.15) is 13.3 Å². The maximum Gasteiger partial charge on any atom is 0.326 e. The fraction of sp³-hybridized carbons (Fsp3) is 0.316. The summed E-state index contributed by atoms with van der Waals surface area (Å²) in [6.07, 6.45) is 1.01. The highest BCUT2D eigenvalue weighted by atomic mass is 32.2. The minimum atomic E-state index is -0.151. The van der Waals surface area contributed by atoms with E-state index in [0.29, 0.717) is 29.0 Å². The summed E-state index contributed by atoms with van der Waals surface area (Å²) >= 11 is 1.83. The molecule has 1 aliphatic rings. The Bertz CT molecular complexity index is 744. The zero-order chi connectivity index (χ0) is 17.8. The summed E-state index contributed by atoms with van der Waals surface area (Å²) in [4.78, 5) is 15.9. The number of hydrogen-bond donors (Lipinski definition) is 1. The predicted molar refractivity (Wildman–Crippen MR) is 102 cm³/mol. The number of urea groups is 1. The van der Waals surface area contributed by atoms with Crippen LogP contribution in [0.5, 0.6) is 11.5 Å². The third kappa shape index (κ3) is 3.85. The molecule has 1 N–H and O–H groups in total. The number of carbonyl (C=O) groups is 1. The summed E-state index contributed by atoms with van der Waals surface area (Å²) in [5, 5.41) is 3.35. The van der Waals surface area contributed by atoms with Crippen molar-refractivity contribution < 1.29 is 14.3 Å². The number of hydrogen-bond acceptors (Lipinski definition) is 4. The standard InChI is InChI=1S/C19H22N2O3S/c1-4-16-12-21(17-7-5-6-8-18(17)25-16)19(22)20-13-9-14(23-2)11-15(10-13)24-3/h5-11,16H,4,12H2,1-3H3,(H,20,22)/t16-/m1/s1. The number of rotatable bonds is 4. The molecule has 132 valence electrons. The van der Waals surface area contributed by atoms with Gasteiger partial charge in [0.2, 0.25) is 0 Å². The number of benzene rings is 2. The average molecular weight is 358 g/mol. The van der Waals surface area contributed by atoms with Gasteiger partial charge in [0, 0.05) is 40.6 Å². The molecule has 6 heteroatoms. The highest BCUT2D eigenvalue weighted by molar-refractivity contribution is 8.00. The van der Waals surface area contributed by atoms with Crippen LogP contribution in [0.15, 0.2) is 47.4 Å². The van der Waals surface area contributed by atoms with Crippen LogP contribution in [-0.4, -0.2) is 32.0 Å². The Morgan fingerprint density at radius 2 is 1.88 bits per heavy atom. The number of para-hydroxylation sites is 1. The summed E-state index contributed by atoms with van der Waals surface area (Å²) in [7, 11) is 3.18. The topological polar surface area (TPSA) is 50.8 Å². The summed E-state index contributed by atoms with van der Waals surface area (Å²) < 4.78 is 10.5. The van der Waals surface area contributed by atoms with Crippen LogP contribution < -0.4 is 19.7 Å². The third-order valence-corrected chi connectivity index (χ3v) is 5.55. The molecule has 1 aliphatic heterocycles. The number of anilines is 2. The van der Waals surface area contributed by atoms with E-state index in [2.05, 4.69) is 18.3 Å². The molecule has 0 saturated carbocycles. The maximum atomic E-state index is 12.9. The van der Waals surface area contributed by atoms with E-state index in [4.69, 9.17) is 9.47 Å². The van der Waals surface area contributed by atoms with E-state index in [1.807, 2.05) is 34.9 Å². The second kappa shape index (κ2) is 7.70. The largest absolute Gasteiger partial charge is 0.497 e. The number of nitrogens with zero attached hydrogens (tertiary/aromatic N) is 1. The van der Waals surface area contributed by atoms with Gasteiger partial charge in [0.05, 0.1) is 19.9 Å². The molecule has 0 aromatic heterocycles. The fourth-order valence-electron chi connectivity index (χ4n) is 2.77. The summed E-state index contributed by atoms with van der Waals surface area (Å²) in [6.45, 7) is 2.83. The average Bonchev–Trinajstić information content (AvgIpc) is 2.66. The molecule has 0 unspecified atom stereocenters. The molecule has 0 fully saturated rings. The zero-order valence-electron chi connectivity index (χ0n) is 14.6. The lowest BCUT2D eigenvalue weighted by Crippen LogP contribution is -2.41. The molecule has 0 aliphatic carbocycles. The molecule has 2 amide bonds. The number of amides is 2. The zero-order valence-corrected chi connectivity index (χ0v) is 15.4. The third-order valence-electron chi connectivity index (χ3n) is 4.14. The Kier molecular flexibility index (Phi) is 5.38. The molecule has 2 aromatic carbocycles. The number of ether oxygens (including phenoxy) is 2. The van der Waals surface area contributed by atoms with Gasteiger partial charge in [0.15, 0.2) is 0 Å². The predicted octanol–water partition coefficient (Wildman–Crippen LogP) is 4.63. The van der Waals surface area contributed by atoms with Crippen LogP contribution in [0.3, 0.4) is 0 Å². The van der Waals surface area contributed by atoms with Gasteiger partial charge in [0.1, 0.15) is 11.5 Å². The molecule has 0 bridgehead atoms. The van der Waals surface area contributed by atoms with Gasteiger partial charge in [0.25, 0.3) is 0 Å². The van der Waals surface area contributed by atoms with Crippen molar-refractivity contribution in [3.8, 4) is 11.5 Å². The number of thioether (sulfide) groups is 1. The molecule has 1 atom stereocenters. The Hall–Kier alpha value is -2.34. The van der Waals surface area contributed by atoms with Gasteiger partial charge in [-0.25, -0.2) is 4.79 Å². The Labute approximate surface area is 152 Å². The smallest absolute Gasteiger partial charge is 0.326 e. The second-order valence-electron chi connectivity index (χ2n) is 5.76. The van der Waals surface area contributed by atoms with E-state index in [1.54, 1.807) is 32.4 Å². The second-order valence-corrected chi connectivity index (χ2v) is 7.10. The Balaban J connectivity index is 1.86. The van der Waals surface area contributed by atoms with Gasteiger partial charge in [-0.2, -0.15) is 0 Å².